The minimum atomic E-state index is -0.407. The van der Waals surface area contributed by atoms with E-state index >= 15 is 0 Å². The largest absolute Gasteiger partial charge is 0.347 e. The van der Waals surface area contributed by atoms with Gasteiger partial charge in [-0.2, -0.15) is 10.4 Å². The van der Waals surface area contributed by atoms with Crippen molar-refractivity contribution in [3.63, 3.8) is 0 Å². The van der Waals surface area contributed by atoms with Crippen LogP contribution in [0, 0.1) is 17.1 Å². The number of nitrogens with zero attached hydrogens (tertiary/aromatic N) is 4. The number of amides is 1. The van der Waals surface area contributed by atoms with Crippen molar-refractivity contribution in [2.24, 2.45) is 0 Å². The average Bonchev–Trinajstić information content (AvgIpc) is 3.27. The van der Waals surface area contributed by atoms with Crippen molar-refractivity contribution in [2.45, 2.75) is 13.1 Å². The van der Waals surface area contributed by atoms with E-state index in [1.165, 1.54) is 12.3 Å². The number of nitrogens with one attached hydrogen (secondary N) is 1. The van der Waals surface area contributed by atoms with Crippen molar-refractivity contribution in [3.05, 3.63) is 106 Å². The van der Waals surface area contributed by atoms with Gasteiger partial charge in [0.1, 0.15) is 17.6 Å². The zero-order valence-corrected chi connectivity index (χ0v) is 17.6. The predicted octanol–water partition coefficient (Wildman–Crippen LogP) is 4.59. The van der Waals surface area contributed by atoms with Crippen molar-refractivity contribution < 1.29 is 9.18 Å². The molecule has 0 unspecified atom stereocenters. The second kappa shape index (κ2) is 9.41. The van der Waals surface area contributed by atoms with Gasteiger partial charge in [0.15, 0.2) is 0 Å². The molecule has 1 N–H and O–H groups in total. The molecule has 2 aromatic heterocycles. The van der Waals surface area contributed by atoms with Crippen molar-refractivity contribution >= 4 is 17.5 Å². The second-order valence-electron chi connectivity index (χ2n) is 7.03. The summed E-state index contributed by atoms with van der Waals surface area (Å²) in [6, 6.07) is 18.9. The fourth-order valence-electron chi connectivity index (χ4n) is 3.15. The number of pyridine rings is 1. The lowest BCUT2D eigenvalue weighted by molar-refractivity contribution is 0.0945. The van der Waals surface area contributed by atoms with Crippen LogP contribution in [0.15, 0.2) is 73.1 Å². The van der Waals surface area contributed by atoms with E-state index in [4.69, 9.17) is 16.9 Å². The van der Waals surface area contributed by atoms with E-state index in [1.54, 1.807) is 59.4 Å². The summed E-state index contributed by atoms with van der Waals surface area (Å²) in [6.45, 7) is 0.439. The van der Waals surface area contributed by atoms with Crippen LogP contribution in [0.2, 0.25) is 5.02 Å². The molecule has 0 aliphatic rings. The van der Waals surface area contributed by atoms with Crippen LogP contribution in [0.4, 0.5) is 4.39 Å². The topological polar surface area (TPSA) is 83.6 Å². The number of benzene rings is 2. The molecule has 0 saturated heterocycles. The molecule has 2 heterocycles. The molecule has 0 bridgehead atoms. The number of carbonyl (C=O) groups excluding carboxylic acids is 1. The highest BCUT2D eigenvalue weighted by Gasteiger charge is 2.10. The molecule has 2 aromatic carbocycles. The third-order valence-electron chi connectivity index (χ3n) is 4.82. The van der Waals surface area contributed by atoms with Crippen LogP contribution < -0.4 is 5.32 Å². The lowest BCUT2D eigenvalue weighted by atomic mass is 10.1. The van der Waals surface area contributed by atoms with Crippen LogP contribution in [0.25, 0.3) is 11.3 Å². The Morgan fingerprint density at radius 3 is 2.75 bits per heavy atom. The average molecular weight is 446 g/mol. The molecule has 6 nitrogen and oxygen atoms in total. The zero-order chi connectivity index (χ0) is 22.5. The van der Waals surface area contributed by atoms with E-state index in [2.05, 4.69) is 15.4 Å². The summed E-state index contributed by atoms with van der Waals surface area (Å²) in [5, 5.41) is 16.5. The molecular formula is C24H17ClFN5O. The van der Waals surface area contributed by atoms with E-state index in [9.17, 15) is 9.18 Å². The zero-order valence-electron chi connectivity index (χ0n) is 16.8. The molecule has 0 atom stereocenters. The molecule has 4 aromatic rings. The third-order valence-corrected chi connectivity index (χ3v) is 5.14. The van der Waals surface area contributed by atoms with Gasteiger partial charge in [0.25, 0.3) is 5.91 Å². The minimum Gasteiger partial charge on any atom is -0.347 e. The maximum Gasteiger partial charge on any atom is 0.270 e. The van der Waals surface area contributed by atoms with Crippen LogP contribution in [0.5, 0.6) is 0 Å². The molecule has 0 radical (unpaired) electrons. The Balaban J connectivity index is 1.41. The van der Waals surface area contributed by atoms with E-state index in [-0.39, 0.29) is 18.1 Å². The summed E-state index contributed by atoms with van der Waals surface area (Å²) >= 11 is 6.10. The molecule has 0 aliphatic heterocycles. The van der Waals surface area contributed by atoms with Crippen molar-refractivity contribution in [3.8, 4) is 17.3 Å². The molecule has 8 heteroatoms. The number of halogens is 2. The van der Waals surface area contributed by atoms with Gasteiger partial charge in [0.05, 0.1) is 22.8 Å². The van der Waals surface area contributed by atoms with Crippen LogP contribution in [-0.2, 0) is 13.1 Å². The number of hydrogen-bond acceptors (Lipinski definition) is 4. The standard InChI is InChI=1S/C24H17ClFN5O/c25-20-12-17(6-7-18(20)13-27)22-8-10-31(30-22)15-16-4-5-19(21(26)11-16)14-29-24(32)23-3-1-2-9-28-23/h1-12H,14-15H2,(H,29,32). The summed E-state index contributed by atoms with van der Waals surface area (Å²) in [5.41, 5.74) is 3.29. The van der Waals surface area contributed by atoms with Crippen molar-refractivity contribution in [1.82, 2.24) is 20.1 Å². The molecule has 1 amide bonds. The predicted molar refractivity (Wildman–Crippen MR) is 118 cm³/mol. The van der Waals surface area contributed by atoms with Crippen molar-refractivity contribution in [2.75, 3.05) is 0 Å². The number of nitriles is 1. The Bertz CT molecular complexity index is 1310. The van der Waals surface area contributed by atoms with Gasteiger partial charge >= 0.3 is 0 Å². The van der Waals surface area contributed by atoms with Gasteiger partial charge in [-0.3, -0.25) is 14.5 Å². The summed E-state index contributed by atoms with van der Waals surface area (Å²) in [4.78, 5) is 16.1. The van der Waals surface area contributed by atoms with E-state index in [0.29, 0.717) is 28.4 Å². The smallest absolute Gasteiger partial charge is 0.270 e. The molecular weight excluding hydrogens is 429 g/mol. The first-order valence-corrected chi connectivity index (χ1v) is 10.1. The van der Waals surface area contributed by atoms with Gasteiger partial charge in [-0.25, -0.2) is 4.39 Å². The lowest BCUT2D eigenvalue weighted by Gasteiger charge is -2.08. The molecule has 158 valence electrons. The Labute approximate surface area is 188 Å². The molecule has 0 fully saturated rings. The van der Waals surface area contributed by atoms with Crippen LogP contribution in [0.1, 0.15) is 27.2 Å². The Kier molecular flexibility index (Phi) is 6.24. The molecule has 32 heavy (non-hydrogen) atoms. The van der Waals surface area contributed by atoms with Crippen LogP contribution >= 0.6 is 11.6 Å². The summed E-state index contributed by atoms with van der Waals surface area (Å²) in [7, 11) is 0. The van der Waals surface area contributed by atoms with Gasteiger partial charge in [0, 0.05) is 30.1 Å². The normalized spacial score (nSPS) is 10.5. The molecule has 0 saturated carbocycles. The number of hydrogen-bond donors (Lipinski definition) is 1. The van der Waals surface area contributed by atoms with Crippen LogP contribution in [0.3, 0.4) is 0 Å². The van der Waals surface area contributed by atoms with E-state index < -0.39 is 5.82 Å². The Morgan fingerprint density at radius 1 is 1.16 bits per heavy atom. The first-order chi connectivity index (χ1) is 15.5. The van der Waals surface area contributed by atoms with Gasteiger partial charge in [-0.05, 0) is 42.0 Å². The van der Waals surface area contributed by atoms with Gasteiger partial charge in [-0.1, -0.05) is 35.9 Å². The molecule has 0 aliphatic carbocycles. The maximum atomic E-state index is 14.6. The van der Waals surface area contributed by atoms with Gasteiger partial charge < -0.3 is 5.32 Å². The fraction of sp³-hybridized carbons (Fsp3) is 0.0833. The molecule has 4 rings (SSSR count). The van der Waals surface area contributed by atoms with Crippen LogP contribution in [-0.4, -0.2) is 20.7 Å². The van der Waals surface area contributed by atoms with E-state index in [0.717, 1.165) is 11.1 Å². The highest BCUT2D eigenvalue weighted by molar-refractivity contribution is 6.32. The number of aromatic nitrogens is 3. The number of carbonyl (C=O) groups is 1. The van der Waals surface area contributed by atoms with Gasteiger partial charge in [-0.15, -0.1) is 0 Å². The molecule has 0 spiro atoms. The Morgan fingerprint density at radius 2 is 2.03 bits per heavy atom. The van der Waals surface area contributed by atoms with Gasteiger partial charge in [0.2, 0.25) is 0 Å². The fourth-order valence-corrected chi connectivity index (χ4v) is 3.37. The lowest BCUT2D eigenvalue weighted by Crippen LogP contribution is -2.24. The first kappa shape index (κ1) is 21.2. The third kappa shape index (κ3) is 4.82. The minimum absolute atomic E-state index is 0.0624. The highest BCUT2D eigenvalue weighted by Crippen LogP contribution is 2.24. The Hall–Kier alpha value is -4.02. The quantitative estimate of drug-likeness (QED) is 0.470. The summed E-state index contributed by atoms with van der Waals surface area (Å²) in [6.07, 6.45) is 3.32. The summed E-state index contributed by atoms with van der Waals surface area (Å²) < 4.78 is 16.2. The second-order valence-corrected chi connectivity index (χ2v) is 7.44. The summed E-state index contributed by atoms with van der Waals surface area (Å²) in [5.74, 6) is -0.767. The monoisotopic (exact) mass is 445 g/mol. The SMILES string of the molecule is N#Cc1ccc(-c2ccn(Cc3ccc(CNC(=O)c4ccccn4)c(F)c3)n2)cc1Cl. The highest BCUT2D eigenvalue weighted by atomic mass is 35.5. The van der Waals surface area contributed by atoms with Crippen molar-refractivity contribution in [1.29, 1.82) is 5.26 Å². The maximum absolute atomic E-state index is 14.6. The van der Waals surface area contributed by atoms with E-state index in [1.807, 2.05) is 12.1 Å². The first-order valence-electron chi connectivity index (χ1n) is 9.73. The number of rotatable bonds is 6.